The summed E-state index contributed by atoms with van der Waals surface area (Å²) in [5, 5.41) is 3.86. The van der Waals surface area contributed by atoms with Gasteiger partial charge in [0.1, 0.15) is 11.5 Å². The van der Waals surface area contributed by atoms with Crippen molar-refractivity contribution in [2.75, 3.05) is 7.05 Å². The summed E-state index contributed by atoms with van der Waals surface area (Å²) in [7, 11) is 1.91. The van der Waals surface area contributed by atoms with Crippen molar-refractivity contribution in [3.8, 4) is 0 Å². The van der Waals surface area contributed by atoms with Gasteiger partial charge in [-0.1, -0.05) is 23.7 Å². The molecule has 4 heteroatoms. The number of halogens is 1. The molecule has 0 aliphatic heterocycles. The summed E-state index contributed by atoms with van der Waals surface area (Å²) in [6.07, 6.45) is 0. The Morgan fingerprint density at radius 3 is 2.50 bits per heavy atom. The van der Waals surface area contributed by atoms with Gasteiger partial charge in [0.25, 0.3) is 0 Å². The molecule has 18 heavy (non-hydrogen) atoms. The summed E-state index contributed by atoms with van der Waals surface area (Å²) in [5.41, 5.74) is 1.28. The number of benzene rings is 1. The number of thioether (sulfide) groups is 1. The van der Waals surface area contributed by atoms with E-state index in [4.69, 9.17) is 16.0 Å². The van der Waals surface area contributed by atoms with Crippen molar-refractivity contribution in [3.63, 3.8) is 0 Å². The molecule has 0 aliphatic rings. The van der Waals surface area contributed by atoms with Crippen LogP contribution in [0.4, 0.5) is 0 Å². The second kappa shape index (κ2) is 6.88. The van der Waals surface area contributed by atoms with Crippen molar-refractivity contribution in [2.45, 2.75) is 18.1 Å². The van der Waals surface area contributed by atoms with E-state index in [9.17, 15) is 0 Å². The molecule has 1 aromatic heterocycles. The lowest BCUT2D eigenvalue weighted by atomic mass is 10.2. The van der Waals surface area contributed by atoms with E-state index < -0.39 is 0 Å². The average Bonchev–Trinajstić information content (AvgIpc) is 2.80. The molecule has 0 spiro atoms. The van der Waals surface area contributed by atoms with Crippen LogP contribution in [0.15, 0.2) is 40.8 Å². The minimum Gasteiger partial charge on any atom is -0.464 e. The predicted octanol–water partition coefficient (Wildman–Crippen LogP) is 4.09. The average molecular weight is 282 g/mol. The summed E-state index contributed by atoms with van der Waals surface area (Å²) in [5.74, 6) is 3.88. The van der Waals surface area contributed by atoms with Gasteiger partial charge in [0, 0.05) is 10.8 Å². The van der Waals surface area contributed by atoms with E-state index in [0.717, 1.165) is 34.6 Å². The third-order valence-electron chi connectivity index (χ3n) is 2.49. The van der Waals surface area contributed by atoms with Crippen molar-refractivity contribution < 1.29 is 4.42 Å². The first-order chi connectivity index (χ1) is 8.78. The Morgan fingerprint density at radius 2 is 1.78 bits per heavy atom. The smallest absolute Gasteiger partial charge is 0.117 e. The predicted molar refractivity (Wildman–Crippen MR) is 77.9 cm³/mol. The molecule has 1 heterocycles. The molecule has 0 bridgehead atoms. The van der Waals surface area contributed by atoms with Crippen LogP contribution in [0.1, 0.15) is 17.1 Å². The molecule has 2 aromatic rings. The Morgan fingerprint density at radius 1 is 1.06 bits per heavy atom. The van der Waals surface area contributed by atoms with E-state index in [0.29, 0.717) is 0 Å². The van der Waals surface area contributed by atoms with Crippen LogP contribution in [0.25, 0.3) is 0 Å². The fraction of sp³-hybridized carbons (Fsp3) is 0.286. The zero-order chi connectivity index (χ0) is 12.8. The molecule has 0 radical (unpaired) electrons. The first-order valence-corrected chi connectivity index (χ1v) is 7.35. The van der Waals surface area contributed by atoms with Crippen LogP contribution in [-0.2, 0) is 18.1 Å². The molecular formula is C14H16ClNOS. The molecule has 0 atom stereocenters. The van der Waals surface area contributed by atoms with Gasteiger partial charge in [-0.2, -0.15) is 0 Å². The molecule has 1 N–H and O–H groups in total. The number of rotatable bonds is 6. The molecule has 0 amide bonds. The number of hydrogen-bond acceptors (Lipinski definition) is 3. The van der Waals surface area contributed by atoms with Gasteiger partial charge in [-0.25, -0.2) is 0 Å². The largest absolute Gasteiger partial charge is 0.464 e. The van der Waals surface area contributed by atoms with Crippen LogP contribution in [0.5, 0.6) is 0 Å². The zero-order valence-corrected chi connectivity index (χ0v) is 11.9. The molecule has 2 nitrogen and oxygen atoms in total. The van der Waals surface area contributed by atoms with Crippen LogP contribution in [0, 0.1) is 0 Å². The molecule has 2 rings (SSSR count). The van der Waals surface area contributed by atoms with Crippen molar-refractivity contribution in [1.82, 2.24) is 5.32 Å². The summed E-state index contributed by atoms with van der Waals surface area (Å²) >= 11 is 7.69. The van der Waals surface area contributed by atoms with Crippen LogP contribution in [0.3, 0.4) is 0 Å². The van der Waals surface area contributed by atoms with Gasteiger partial charge in [-0.05, 0) is 36.9 Å². The SMILES string of the molecule is CNCc1ccc(CSCc2ccc(Cl)cc2)o1. The van der Waals surface area contributed by atoms with Gasteiger partial charge in [0.05, 0.1) is 12.3 Å². The highest BCUT2D eigenvalue weighted by Gasteiger charge is 2.02. The third kappa shape index (κ3) is 4.09. The van der Waals surface area contributed by atoms with E-state index in [1.54, 1.807) is 0 Å². The van der Waals surface area contributed by atoms with Crippen molar-refractivity contribution in [3.05, 3.63) is 58.5 Å². The van der Waals surface area contributed by atoms with Gasteiger partial charge >= 0.3 is 0 Å². The van der Waals surface area contributed by atoms with Crippen LogP contribution < -0.4 is 5.32 Å². The van der Waals surface area contributed by atoms with Gasteiger partial charge < -0.3 is 9.73 Å². The topological polar surface area (TPSA) is 25.2 Å². The van der Waals surface area contributed by atoms with Crippen molar-refractivity contribution >= 4 is 23.4 Å². The summed E-state index contributed by atoms with van der Waals surface area (Å²) in [4.78, 5) is 0. The van der Waals surface area contributed by atoms with Gasteiger partial charge in [0.15, 0.2) is 0 Å². The third-order valence-corrected chi connectivity index (χ3v) is 3.77. The summed E-state index contributed by atoms with van der Waals surface area (Å²) in [6.45, 7) is 0.780. The molecule has 0 aliphatic carbocycles. The lowest BCUT2D eigenvalue weighted by Gasteiger charge is -2.00. The molecule has 0 saturated heterocycles. The Balaban J connectivity index is 1.79. The van der Waals surface area contributed by atoms with E-state index in [1.165, 1.54) is 5.56 Å². The number of nitrogens with one attached hydrogen (secondary N) is 1. The number of furan rings is 1. The van der Waals surface area contributed by atoms with Crippen LogP contribution in [-0.4, -0.2) is 7.05 Å². The maximum absolute atomic E-state index is 5.85. The summed E-state index contributed by atoms with van der Waals surface area (Å²) < 4.78 is 5.68. The fourth-order valence-corrected chi connectivity index (χ4v) is 2.63. The van der Waals surface area contributed by atoms with E-state index in [1.807, 2.05) is 43.1 Å². The first kappa shape index (κ1) is 13.5. The first-order valence-electron chi connectivity index (χ1n) is 5.82. The molecule has 0 fully saturated rings. The van der Waals surface area contributed by atoms with E-state index >= 15 is 0 Å². The monoisotopic (exact) mass is 281 g/mol. The maximum Gasteiger partial charge on any atom is 0.117 e. The highest BCUT2D eigenvalue weighted by molar-refractivity contribution is 7.97. The summed E-state index contributed by atoms with van der Waals surface area (Å²) in [6, 6.07) is 12.0. The Bertz CT molecular complexity index is 481. The van der Waals surface area contributed by atoms with Crippen molar-refractivity contribution in [1.29, 1.82) is 0 Å². The van der Waals surface area contributed by atoms with E-state index in [2.05, 4.69) is 17.4 Å². The second-order valence-electron chi connectivity index (χ2n) is 4.02. The highest BCUT2D eigenvalue weighted by atomic mass is 35.5. The Hall–Kier alpha value is -0.900. The van der Waals surface area contributed by atoms with Gasteiger partial charge in [-0.3, -0.25) is 0 Å². The Labute approximate surface area is 117 Å². The molecule has 96 valence electrons. The molecule has 0 unspecified atom stereocenters. The van der Waals surface area contributed by atoms with Gasteiger partial charge in [-0.15, -0.1) is 11.8 Å². The highest BCUT2D eigenvalue weighted by Crippen LogP contribution is 2.20. The lowest BCUT2D eigenvalue weighted by Crippen LogP contribution is -2.03. The Kier molecular flexibility index (Phi) is 5.17. The standard InChI is InChI=1S/C14H16ClNOS/c1-16-8-13-6-7-14(17-13)10-18-9-11-2-4-12(15)5-3-11/h2-7,16H,8-10H2,1H3. The second-order valence-corrected chi connectivity index (χ2v) is 5.44. The maximum atomic E-state index is 5.85. The molecule has 0 saturated carbocycles. The fourth-order valence-electron chi connectivity index (χ4n) is 1.62. The van der Waals surface area contributed by atoms with E-state index in [-0.39, 0.29) is 0 Å². The molecule has 1 aromatic carbocycles. The quantitative estimate of drug-likeness (QED) is 0.863. The van der Waals surface area contributed by atoms with Crippen LogP contribution >= 0.6 is 23.4 Å². The lowest BCUT2D eigenvalue weighted by molar-refractivity contribution is 0.469. The zero-order valence-electron chi connectivity index (χ0n) is 10.3. The minimum absolute atomic E-state index is 0.780. The van der Waals surface area contributed by atoms with Crippen molar-refractivity contribution in [2.24, 2.45) is 0 Å². The minimum atomic E-state index is 0.780. The normalized spacial score (nSPS) is 10.8. The van der Waals surface area contributed by atoms with Crippen LogP contribution in [0.2, 0.25) is 5.02 Å². The van der Waals surface area contributed by atoms with Gasteiger partial charge in [0.2, 0.25) is 0 Å². The number of hydrogen-bond donors (Lipinski definition) is 1. The molecular weight excluding hydrogens is 266 g/mol.